The van der Waals surface area contributed by atoms with Crippen molar-refractivity contribution in [3.05, 3.63) is 29.3 Å². The van der Waals surface area contributed by atoms with Crippen molar-refractivity contribution >= 4 is 21.6 Å². The molecule has 1 aliphatic carbocycles. The zero-order valence-electron chi connectivity index (χ0n) is 11.7. The highest BCUT2D eigenvalue weighted by atomic mass is 32.1. The Morgan fingerprint density at radius 2 is 2.21 bits per heavy atom. The van der Waals surface area contributed by atoms with Crippen molar-refractivity contribution in [2.75, 3.05) is 0 Å². The maximum Gasteiger partial charge on any atom is 0.0954 e. The van der Waals surface area contributed by atoms with Gasteiger partial charge < -0.3 is 5.73 Å². The molecule has 2 atom stereocenters. The van der Waals surface area contributed by atoms with Gasteiger partial charge in [-0.05, 0) is 36.3 Å². The Hall–Kier alpha value is -0.930. The number of hydrogen-bond acceptors (Lipinski definition) is 3. The van der Waals surface area contributed by atoms with Crippen molar-refractivity contribution in [2.45, 2.75) is 45.6 Å². The first-order valence-corrected chi connectivity index (χ1v) is 7.98. The van der Waals surface area contributed by atoms with Crippen molar-refractivity contribution in [2.24, 2.45) is 17.1 Å². The molecule has 0 radical (unpaired) electrons. The third kappa shape index (κ3) is 2.54. The molecule has 2 aromatic rings. The van der Waals surface area contributed by atoms with Crippen LogP contribution in [0.15, 0.2) is 24.3 Å². The first-order chi connectivity index (χ1) is 9.06. The lowest BCUT2D eigenvalue weighted by molar-refractivity contribution is 0.220. The summed E-state index contributed by atoms with van der Waals surface area (Å²) in [6.45, 7) is 4.73. The molecule has 0 spiro atoms. The third-order valence-corrected chi connectivity index (χ3v) is 5.66. The zero-order chi connectivity index (χ0) is 13.5. The summed E-state index contributed by atoms with van der Waals surface area (Å²) in [6, 6.07) is 8.59. The zero-order valence-corrected chi connectivity index (χ0v) is 12.5. The van der Waals surface area contributed by atoms with Gasteiger partial charge in [0.25, 0.3) is 0 Å². The quantitative estimate of drug-likeness (QED) is 0.919. The van der Waals surface area contributed by atoms with Crippen LogP contribution in [0.4, 0.5) is 0 Å². The van der Waals surface area contributed by atoms with Gasteiger partial charge >= 0.3 is 0 Å². The molecule has 1 aliphatic rings. The van der Waals surface area contributed by atoms with E-state index in [4.69, 9.17) is 10.7 Å². The van der Waals surface area contributed by atoms with E-state index in [1.165, 1.54) is 29.0 Å². The summed E-state index contributed by atoms with van der Waals surface area (Å²) in [7, 11) is 0. The second-order valence-corrected chi connectivity index (χ2v) is 7.55. The highest BCUT2D eigenvalue weighted by Gasteiger charge is 2.38. The molecule has 0 aliphatic heterocycles. The number of thiazole rings is 1. The highest BCUT2D eigenvalue weighted by Crippen LogP contribution is 2.44. The van der Waals surface area contributed by atoms with Gasteiger partial charge in [-0.1, -0.05) is 32.4 Å². The van der Waals surface area contributed by atoms with Crippen LogP contribution >= 0.6 is 11.3 Å². The number of nitrogens with zero attached hydrogens (tertiary/aromatic N) is 1. The van der Waals surface area contributed by atoms with Crippen molar-refractivity contribution in [1.82, 2.24) is 4.98 Å². The predicted octanol–water partition coefficient (Wildman–Crippen LogP) is 3.99. The van der Waals surface area contributed by atoms with E-state index in [2.05, 4.69) is 32.0 Å². The predicted molar refractivity (Wildman–Crippen MR) is 82.4 cm³/mol. The van der Waals surface area contributed by atoms with Crippen LogP contribution in [0.3, 0.4) is 0 Å². The van der Waals surface area contributed by atoms with Gasteiger partial charge in [-0.2, -0.15) is 0 Å². The Bertz CT molecular complexity index is 540. The van der Waals surface area contributed by atoms with Crippen LogP contribution in [0.2, 0.25) is 0 Å². The van der Waals surface area contributed by atoms with E-state index in [0.29, 0.717) is 11.3 Å². The molecular formula is C16H22N2S. The van der Waals surface area contributed by atoms with E-state index in [0.717, 1.165) is 11.9 Å². The lowest BCUT2D eigenvalue weighted by Crippen LogP contribution is -2.38. The SMILES string of the molecule is CC1(C)CCCC1C(N)Cc1nc2ccccc2s1. The minimum absolute atomic E-state index is 0.248. The van der Waals surface area contributed by atoms with Gasteiger partial charge in [-0.3, -0.25) is 0 Å². The summed E-state index contributed by atoms with van der Waals surface area (Å²) >= 11 is 1.79. The van der Waals surface area contributed by atoms with Crippen LogP contribution in [0, 0.1) is 11.3 Å². The molecule has 102 valence electrons. The number of nitrogens with two attached hydrogens (primary N) is 1. The molecule has 2 nitrogen and oxygen atoms in total. The molecule has 0 bridgehead atoms. The highest BCUT2D eigenvalue weighted by molar-refractivity contribution is 7.18. The number of rotatable bonds is 3. The van der Waals surface area contributed by atoms with Crippen LogP contribution in [-0.2, 0) is 6.42 Å². The topological polar surface area (TPSA) is 38.9 Å². The van der Waals surface area contributed by atoms with E-state index in [-0.39, 0.29) is 6.04 Å². The van der Waals surface area contributed by atoms with Gasteiger partial charge in [0, 0.05) is 12.5 Å². The Labute approximate surface area is 119 Å². The lowest BCUT2D eigenvalue weighted by Gasteiger charge is -2.31. The number of benzene rings is 1. The monoisotopic (exact) mass is 274 g/mol. The lowest BCUT2D eigenvalue weighted by atomic mass is 9.77. The van der Waals surface area contributed by atoms with Crippen LogP contribution in [0.25, 0.3) is 10.2 Å². The van der Waals surface area contributed by atoms with Gasteiger partial charge in [-0.15, -0.1) is 11.3 Å². The first-order valence-electron chi connectivity index (χ1n) is 7.16. The number of fused-ring (bicyclic) bond motifs is 1. The Kier molecular flexibility index (Phi) is 3.35. The van der Waals surface area contributed by atoms with E-state index in [1.807, 2.05) is 6.07 Å². The minimum Gasteiger partial charge on any atom is -0.327 e. The summed E-state index contributed by atoms with van der Waals surface area (Å²) in [5.41, 5.74) is 7.99. The van der Waals surface area contributed by atoms with E-state index < -0.39 is 0 Å². The average molecular weight is 274 g/mol. The average Bonchev–Trinajstić information content (AvgIpc) is 2.90. The minimum atomic E-state index is 0.248. The van der Waals surface area contributed by atoms with Gasteiger partial charge in [0.2, 0.25) is 0 Å². The van der Waals surface area contributed by atoms with Gasteiger partial charge in [-0.25, -0.2) is 4.98 Å². The summed E-state index contributed by atoms with van der Waals surface area (Å²) in [6.07, 6.45) is 4.84. The number of aromatic nitrogens is 1. The Morgan fingerprint density at radius 1 is 1.42 bits per heavy atom. The molecule has 19 heavy (non-hydrogen) atoms. The second kappa shape index (κ2) is 4.88. The summed E-state index contributed by atoms with van der Waals surface area (Å²) in [5, 5.41) is 1.19. The fraction of sp³-hybridized carbons (Fsp3) is 0.562. The van der Waals surface area contributed by atoms with Crippen LogP contribution < -0.4 is 5.73 Å². The fourth-order valence-corrected chi connectivity index (χ4v) is 4.54. The molecule has 1 aromatic carbocycles. The third-order valence-electron chi connectivity index (χ3n) is 4.61. The summed E-state index contributed by atoms with van der Waals surface area (Å²) in [4.78, 5) is 4.71. The fourth-order valence-electron chi connectivity index (χ4n) is 3.50. The molecule has 1 saturated carbocycles. The molecule has 0 saturated heterocycles. The van der Waals surface area contributed by atoms with Crippen molar-refractivity contribution < 1.29 is 0 Å². The summed E-state index contributed by atoms with van der Waals surface area (Å²) in [5.74, 6) is 0.638. The Morgan fingerprint density at radius 3 is 2.89 bits per heavy atom. The maximum atomic E-state index is 6.48. The van der Waals surface area contributed by atoms with Crippen molar-refractivity contribution in [3.63, 3.8) is 0 Å². The molecule has 1 heterocycles. The molecule has 1 fully saturated rings. The molecule has 2 unspecified atom stereocenters. The van der Waals surface area contributed by atoms with Crippen LogP contribution in [0.5, 0.6) is 0 Å². The van der Waals surface area contributed by atoms with Crippen LogP contribution in [0.1, 0.15) is 38.1 Å². The summed E-state index contributed by atoms with van der Waals surface area (Å²) < 4.78 is 1.27. The van der Waals surface area contributed by atoms with Gasteiger partial charge in [0.05, 0.1) is 15.2 Å². The first kappa shape index (κ1) is 13.1. The maximum absolute atomic E-state index is 6.48. The molecular weight excluding hydrogens is 252 g/mol. The standard InChI is InChI=1S/C16H22N2S/c1-16(2)9-5-6-11(16)12(17)10-15-18-13-7-3-4-8-14(13)19-15/h3-4,7-8,11-12H,5-6,9-10,17H2,1-2H3. The number of hydrogen-bond donors (Lipinski definition) is 1. The normalized spacial score (nSPS) is 23.8. The van der Waals surface area contributed by atoms with E-state index >= 15 is 0 Å². The molecule has 1 aromatic heterocycles. The second-order valence-electron chi connectivity index (χ2n) is 6.43. The largest absolute Gasteiger partial charge is 0.327 e. The van der Waals surface area contributed by atoms with Crippen molar-refractivity contribution in [1.29, 1.82) is 0 Å². The smallest absolute Gasteiger partial charge is 0.0954 e. The molecule has 3 rings (SSSR count). The van der Waals surface area contributed by atoms with Crippen LogP contribution in [-0.4, -0.2) is 11.0 Å². The van der Waals surface area contributed by atoms with Gasteiger partial charge in [0.15, 0.2) is 0 Å². The van der Waals surface area contributed by atoms with E-state index in [9.17, 15) is 0 Å². The molecule has 0 amide bonds. The molecule has 3 heteroatoms. The number of para-hydroxylation sites is 1. The van der Waals surface area contributed by atoms with Crippen molar-refractivity contribution in [3.8, 4) is 0 Å². The van der Waals surface area contributed by atoms with E-state index in [1.54, 1.807) is 11.3 Å². The Balaban J connectivity index is 1.77. The van der Waals surface area contributed by atoms with Gasteiger partial charge in [0.1, 0.15) is 0 Å². The molecule has 2 N–H and O–H groups in total.